The van der Waals surface area contributed by atoms with Crippen LogP contribution in [0.4, 0.5) is 31.1 Å². The number of alkyl carbamates (subject to hydrolysis) is 1. The molecule has 3 rings (SSSR count). The van der Waals surface area contributed by atoms with E-state index < -0.39 is 54.7 Å². The zero-order chi connectivity index (χ0) is 26.0. The van der Waals surface area contributed by atoms with Crippen molar-refractivity contribution in [3.63, 3.8) is 0 Å². The number of ether oxygens (including phenoxy) is 1. The molecule has 1 aliphatic rings. The molecule has 0 aliphatic heterocycles. The van der Waals surface area contributed by atoms with E-state index in [0.717, 1.165) is 27.6 Å². The van der Waals surface area contributed by atoms with E-state index in [1.54, 1.807) is 36.4 Å². The summed E-state index contributed by atoms with van der Waals surface area (Å²) in [5.41, 5.74) is 3.33. The molecule has 0 radical (unpaired) electrons. The molecule has 0 aromatic heterocycles. The van der Waals surface area contributed by atoms with Crippen LogP contribution in [0.15, 0.2) is 48.5 Å². The Morgan fingerprint density at radius 3 is 1.83 bits per heavy atom. The van der Waals surface area contributed by atoms with Crippen LogP contribution in [0.25, 0.3) is 11.1 Å². The maximum Gasteiger partial charge on any atom is 0.419 e. The lowest BCUT2D eigenvalue weighted by Gasteiger charge is -2.23. The van der Waals surface area contributed by atoms with Crippen molar-refractivity contribution in [1.29, 1.82) is 0 Å². The van der Waals surface area contributed by atoms with Gasteiger partial charge in [-0.2, -0.15) is 26.3 Å². The van der Waals surface area contributed by atoms with E-state index in [2.05, 4.69) is 0 Å². The number of benzene rings is 2. The van der Waals surface area contributed by atoms with Gasteiger partial charge in [0.1, 0.15) is 12.6 Å². The molecule has 188 valence electrons. The lowest BCUT2D eigenvalue weighted by atomic mass is 9.98. The Kier molecular flexibility index (Phi) is 7.27. The summed E-state index contributed by atoms with van der Waals surface area (Å²) in [5, 5.41) is 11.0. The van der Waals surface area contributed by atoms with Crippen molar-refractivity contribution in [3.8, 4) is 11.1 Å². The Balaban J connectivity index is 1.66. The van der Waals surface area contributed by atoms with E-state index in [-0.39, 0.29) is 6.61 Å². The van der Waals surface area contributed by atoms with Crippen LogP contribution in [0.3, 0.4) is 0 Å². The number of carbonyl (C=O) groups is 3. The van der Waals surface area contributed by atoms with E-state index >= 15 is 0 Å². The monoisotopic (exact) mass is 504 g/mol. The highest BCUT2D eigenvalue weighted by Crippen LogP contribution is 2.44. The molecule has 0 saturated heterocycles. The number of rotatable bonds is 7. The lowest BCUT2D eigenvalue weighted by Crippen LogP contribution is -2.54. The Bertz CT molecular complexity index is 1070. The van der Waals surface area contributed by atoms with Gasteiger partial charge < -0.3 is 20.5 Å². The fourth-order valence-electron chi connectivity index (χ4n) is 3.72. The minimum Gasteiger partial charge on any atom is -0.479 e. The van der Waals surface area contributed by atoms with E-state index in [4.69, 9.17) is 9.84 Å². The number of carboxylic acids is 1. The second-order valence-electron chi connectivity index (χ2n) is 7.65. The second kappa shape index (κ2) is 9.84. The molecule has 0 bridgehead atoms. The third-order valence-corrected chi connectivity index (χ3v) is 5.30. The minimum absolute atomic E-state index is 0.341. The zero-order valence-electron chi connectivity index (χ0n) is 17.6. The van der Waals surface area contributed by atoms with Gasteiger partial charge >= 0.3 is 24.4 Å². The summed E-state index contributed by atoms with van der Waals surface area (Å²) in [4.78, 5) is 34.5. The van der Waals surface area contributed by atoms with Crippen molar-refractivity contribution in [1.82, 2.24) is 10.6 Å². The fourth-order valence-corrected chi connectivity index (χ4v) is 3.72. The summed E-state index contributed by atoms with van der Waals surface area (Å²) in [6.07, 6.45) is -13.9. The molecule has 0 fully saturated rings. The number of fused-ring (bicyclic) bond motifs is 3. The maximum atomic E-state index is 13.3. The molecule has 0 saturated carbocycles. The number of carboxylic acid groups (broad SMARTS) is 1. The van der Waals surface area contributed by atoms with Crippen molar-refractivity contribution >= 4 is 18.0 Å². The van der Waals surface area contributed by atoms with Crippen LogP contribution >= 0.6 is 0 Å². The summed E-state index contributed by atoms with van der Waals surface area (Å²) in [6.45, 7) is -0.341. The van der Waals surface area contributed by atoms with Crippen molar-refractivity contribution in [2.75, 3.05) is 6.61 Å². The largest absolute Gasteiger partial charge is 0.479 e. The molecule has 35 heavy (non-hydrogen) atoms. The van der Waals surface area contributed by atoms with Crippen LogP contribution in [-0.4, -0.2) is 54.1 Å². The van der Waals surface area contributed by atoms with Crippen LogP contribution in [0.2, 0.25) is 0 Å². The molecule has 2 aromatic carbocycles. The van der Waals surface area contributed by atoms with Gasteiger partial charge in [-0.1, -0.05) is 48.5 Å². The van der Waals surface area contributed by atoms with Gasteiger partial charge in [0.15, 0.2) is 0 Å². The van der Waals surface area contributed by atoms with Crippen molar-refractivity contribution in [2.24, 2.45) is 0 Å². The van der Waals surface area contributed by atoms with Crippen molar-refractivity contribution in [3.05, 3.63) is 59.7 Å². The highest BCUT2D eigenvalue weighted by Gasteiger charge is 2.48. The van der Waals surface area contributed by atoms with Gasteiger partial charge in [-0.3, -0.25) is 4.79 Å². The van der Waals surface area contributed by atoms with Crippen LogP contribution in [0.1, 0.15) is 23.5 Å². The molecule has 2 unspecified atom stereocenters. The number of hydrogen-bond acceptors (Lipinski definition) is 4. The number of nitrogens with one attached hydrogen (secondary N) is 2. The van der Waals surface area contributed by atoms with Crippen LogP contribution in [-0.2, 0) is 14.3 Å². The molecule has 3 N–H and O–H groups in total. The third kappa shape index (κ3) is 6.03. The van der Waals surface area contributed by atoms with Gasteiger partial charge in [0, 0.05) is 5.92 Å². The molecule has 0 heterocycles. The fraction of sp³-hybridized carbons (Fsp3) is 0.318. The molecule has 1 aliphatic carbocycles. The quantitative estimate of drug-likeness (QED) is 0.495. The molecular formula is C22H18F6N2O5. The van der Waals surface area contributed by atoms with Gasteiger partial charge in [0.05, 0.1) is 6.42 Å². The van der Waals surface area contributed by atoms with Crippen LogP contribution < -0.4 is 10.6 Å². The SMILES string of the molecule is O=C(CC(NC(=O)OCC1c2ccccc2-c2ccccc21)C(F)(F)F)NC(C(=O)O)C(F)(F)F. The van der Waals surface area contributed by atoms with Gasteiger partial charge in [-0.25, -0.2) is 9.59 Å². The van der Waals surface area contributed by atoms with Crippen LogP contribution in [0.5, 0.6) is 0 Å². The number of aliphatic carboxylic acids is 1. The zero-order valence-corrected chi connectivity index (χ0v) is 17.6. The van der Waals surface area contributed by atoms with E-state index in [0.29, 0.717) is 0 Å². The van der Waals surface area contributed by atoms with E-state index in [1.807, 2.05) is 12.1 Å². The van der Waals surface area contributed by atoms with Gasteiger partial charge in [0.25, 0.3) is 0 Å². The predicted octanol–water partition coefficient (Wildman–Crippen LogP) is 3.98. The normalized spacial score (nSPS) is 14.9. The highest BCUT2D eigenvalue weighted by molar-refractivity contribution is 5.85. The smallest absolute Gasteiger partial charge is 0.419 e. The van der Waals surface area contributed by atoms with Crippen LogP contribution in [0, 0.1) is 0 Å². The topological polar surface area (TPSA) is 105 Å². The Morgan fingerprint density at radius 1 is 0.857 bits per heavy atom. The molecule has 13 heteroatoms. The summed E-state index contributed by atoms with van der Waals surface area (Å²) in [5.74, 6) is -4.85. The average Bonchev–Trinajstić information content (AvgIpc) is 3.08. The lowest BCUT2D eigenvalue weighted by molar-refractivity contribution is -0.183. The summed E-state index contributed by atoms with van der Waals surface area (Å²) >= 11 is 0. The number of carbonyl (C=O) groups excluding carboxylic acids is 2. The minimum atomic E-state index is -5.44. The van der Waals surface area contributed by atoms with E-state index in [9.17, 15) is 40.7 Å². The molecule has 2 aromatic rings. The Hall–Kier alpha value is -3.77. The van der Waals surface area contributed by atoms with E-state index in [1.165, 1.54) is 5.32 Å². The Morgan fingerprint density at radius 2 is 1.37 bits per heavy atom. The van der Waals surface area contributed by atoms with Crippen molar-refractivity contribution in [2.45, 2.75) is 36.8 Å². The summed E-state index contributed by atoms with van der Waals surface area (Å²) in [7, 11) is 0. The molecule has 2 amide bonds. The standard InChI is InChI=1S/C22H18F6N2O5/c23-21(24,25)16(9-17(31)30-18(19(32)33)22(26,27)28)29-20(34)35-10-15-13-7-3-1-5-11(13)12-6-2-4-8-14(12)15/h1-8,15-16,18H,9-10H2,(H,29,34)(H,30,31)(H,32,33). The van der Waals surface area contributed by atoms with Gasteiger partial charge in [0.2, 0.25) is 11.9 Å². The first kappa shape index (κ1) is 25.8. The number of amides is 2. The van der Waals surface area contributed by atoms with Gasteiger partial charge in [-0.15, -0.1) is 0 Å². The highest BCUT2D eigenvalue weighted by atomic mass is 19.4. The van der Waals surface area contributed by atoms with Crippen molar-refractivity contribution < 1.29 is 50.6 Å². The molecule has 2 atom stereocenters. The summed E-state index contributed by atoms with van der Waals surface area (Å²) < 4.78 is 82.9. The third-order valence-electron chi connectivity index (χ3n) is 5.30. The molecule has 0 spiro atoms. The number of hydrogen-bond donors (Lipinski definition) is 3. The first-order chi connectivity index (χ1) is 16.3. The van der Waals surface area contributed by atoms with Gasteiger partial charge in [-0.05, 0) is 22.3 Å². The predicted molar refractivity (Wildman–Crippen MR) is 108 cm³/mol. The Labute approximate surface area is 194 Å². The molecular weight excluding hydrogens is 486 g/mol. The first-order valence-corrected chi connectivity index (χ1v) is 10.1. The summed E-state index contributed by atoms with van der Waals surface area (Å²) in [6, 6.07) is 8.04. The maximum absolute atomic E-state index is 13.3. The first-order valence-electron chi connectivity index (χ1n) is 10.1. The average molecular weight is 504 g/mol. The second-order valence-corrected chi connectivity index (χ2v) is 7.65. The molecule has 7 nitrogen and oxygen atoms in total. The number of alkyl halides is 6. The number of halogens is 6.